The highest BCUT2D eigenvalue weighted by molar-refractivity contribution is 5.69. The van der Waals surface area contributed by atoms with E-state index in [1.165, 1.54) is 0 Å². The molecule has 1 fully saturated rings. The molecule has 0 saturated heterocycles. The topological polar surface area (TPSA) is 43.4 Å². The standard InChI is InChI=1S/C5H6O3/c6-3-5(1-2-5)8-4-7/h3-4H,1-2H2. The van der Waals surface area contributed by atoms with Crippen molar-refractivity contribution >= 4 is 12.8 Å². The Kier molecular flexibility index (Phi) is 1.04. The molecule has 0 bridgehead atoms. The maximum atomic E-state index is 10.00. The van der Waals surface area contributed by atoms with Gasteiger partial charge in [-0.3, -0.25) is 9.59 Å². The van der Waals surface area contributed by atoms with E-state index in [-0.39, 0.29) is 0 Å². The third kappa shape index (κ3) is 0.710. The zero-order valence-electron chi connectivity index (χ0n) is 4.29. The number of carbonyl (C=O) groups excluding carboxylic acids is 2. The molecule has 0 aromatic heterocycles. The fourth-order valence-electron chi connectivity index (χ4n) is 0.482. The van der Waals surface area contributed by atoms with Gasteiger partial charge in [-0.25, -0.2) is 0 Å². The molecule has 0 amide bonds. The third-order valence-corrected chi connectivity index (χ3v) is 1.24. The third-order valence-electron chi connectivity index (χ3n) is 1.24. The second-order valence-electron chi connectivity index (χ2n) is 1.90. The second-order valence-corrected chi connectivity index (χ2v) is 1.90. The van der Waals surface area contributed by atoms with Crippen molar-refractivity contribution in [2.75, 3.05) is 0 Å². The lowest BCUT2D eigenvalue weighted by molar-refractivity contribution is -0.140. The number of hydrogen-bond donors (Lipinski definition) is 0. The molecule has 1 aliphatic carbocycles. The molecule has 3 nitrogen and oxygen atoms in total. The summed E-state index contributed by atoms with van der Waals surface area (Å²) in [6.07, 6.45) is 2.06. The molecular weight excluding hydrogens is 108 g/mol. The first-order chi connectivity index (χ1) is 3.83. The molecule has 1 aliphatic rings. The van der Waals surface area contributed by atoms with Gasteiger partial charge in [0.05, 0.1) is 0 Å². The zero-order chi connectivity index (χ0) is 6.04. The molecule has 0 radical (unpaired) electrons. The Balaban J connectivity index is 2.40. The van der Waals surface area contributed by atoms with Crippen molar-refractivity contribution in [2.45, 2.75) is 18.4 Å². The number of hydrogen-bond acceptors (Lipinski definition) is 3. The smallest absolute Gasteiger partial charge is 0.294 e. The van der Waals surface area contributed by atoms with Crippen LogP contribution in [0.25, 0.3) is 0 Å². The molecule has 44 valence electrons. The zero-order valence-corrected chi connectivity index (χ0v) is 4.29. The van der Waals surface area contributed by atoms with Gasteiger partial charge in [0, 0.05) is 0 Å². The van der Waals surface area contributed by atoms with E-state index in [9.17, 15) is 9.59 Å². The van der Waals surface area contributed by atoms with Crippen LogP contribution in [0.1, 0.15) is 12.8 Å². The highest BCUT2D eigenvalue weighted by Crippen LogP contribution is 2.36. The van der Waals surface area contributed by atoms with Crippen molar-refractivity contribution in [3.63, 3.8) is 0 Å². The number of aldehydes is 1. The van der Waals surface area contributed by atoms with E-state index in [4.69, 9.17) is 0 Å². The maximum absolute atomic E-state index is 10.00. The van der Waals surface area contributed by atoms with Gasteiger partial charge in [0.15, 0.2) is 11.9 Å². The van der Waals surface area contributed by atoms with Crippen LogP contribution in [0.2, 0.25) is 0 Å². The predicted octanol–water partition coefficient (Wildman–Crippen LogP) is -0.109. The molecule has 0 heterocycles. The lowest BCUT2D eigenvalue weighted by Gasteiger charge is -1.99. The minimum Gasteiger partial charge on any atom is -0.454 e. The quantitative estimate of drug-likeness (QED) is 0.481. The van der Waals surface area contributed by atoms with E-state index in [2.05, 4.69) is 4.74 Å². The minimum atomic E-state index is -0.707. The van der Waals surface area contributed by atoms with Crippen molar-refractivity contribution in [1.29, 1.82) is 0 Å². The van der Waals surface area contributed by atoms with Gasteiger partial charge in [-0.15, -0.1) is 0 Å². The molecule has 8 heavy (non-hydrogen) atoms. The molecule has 0 unspecified atom stereocenters. The van der Waals surface area contributed by atoms with Crippen molar-refractivity contribution in [3.8, 4) is 0 Å². The van der Waals surface area contributed by atoms with E-state index in [1.54, 1.807) is 0 Å². The summed E-state index contributed by atoms with van der Waals surface area (Å²) in [5, 5.41) is 0. The Morgan fingerprint density at radius 3 is 2.12 bits per heavy atom. The van der Waals surface area contributed by atoms with Crippen LogP contribution in [0.4, 0.5) is 0 Å². The number of rotatable bonds is 3. The average molecular weight is 114 g/mol. The van der Waals surface area contributed by atoms with Crippen LogP contribution in [-0.2, 0) is 14.3 Å². The first-order valence-electron chi connectivity index (χ1n) is 2.41. The molecule has 1 rings (SSSR count). The Labute approximate surface area is 46.6 Å². The van der Waals surface area contributed by atoms with Crippen molar-refractivity contribution in [3.05, 3.63) is 0 Å². The molecule has 3 heteroatoms. The normalized spacial score (nSPS) is 21.5. The largest absolute Gasteiger partial charge is 0.454 e. The average Bonchev–Trinajstić information content (AvgIpc) is 2.50. The van der Waals surface area contributed by atoms with Crippen LogP contribution in [0.5, 0.6) is 0 Å². The highest BCUT2D eigenvalue weighted by atomic mass is 16.5. The molecule has 0 aromatic carbocycles. The van der Waals surface area contributed by atoms with E-state index >= 15 is 0 Å². The summed E-state index contributed by atoms with van der Waals surface area (Å²) in [4.78, 5) is 19.6. The number of ether oxygens (including phenoxy) is 1. The molecular formula is C5H6O3. The predicted molar refractivity (Wildman–Crippen MR) is 25.2 cm³/mol. The van der Waals surface area contributed by atoms with Crippen LogP contribution in [-0.4, -0.2) is 18.4 Å². The SMILES string of the molecule is O=COC1(C=O)CC1. The highest BCUT2D eigenvalue weighted by Gasteiger charge is 2.45. The summed E-state index contributed by atoms with van der Waals surface area (Å²) in [5.41, 5.74) is -0.707. The molecule has 0 N–H and O–H groups in total. The van der Waals surface area contributed by atoms with Gasteiger partial charge in [0.25, 0.3) is 6.47 Å². The molecule has 0 atom stereocenters. The van der Waals surface area contributed by atoms with E-state index < -0.39 is 5.60 Å². The Hall–Kier alpha value is -0.860. The molecule has 0 aromatic rings. The Morgan fingerprint density at radius 2 is 2.00 bits per heavy atom. The van der Waals surface area contributed by atoms with Gasteiger partial charge >= 0.3 is 0 Å². The van der Waals surface area contributed by atoms with Crippen LogP contribution < -0.4 is 0 Å². The summed E-state index contributed by atoms with van der Waals surface area (Å²) in [6, 6.07) is 0. The molecule has 0 spiro atoms. The fourth-order valence-corrected chi connectivity index (χ4v) is 0.482. The van der Waals surface area contributed by atoms with Gasteiger partial charge < -0.3 is 4.74 Å². The first-order valence-corrected chi connectivity index (χ1v) is 2.41. The minimum absolute atomic E-state index is 0.321. The molecule has 0 aliphatic heterocycles. The second kappa shape index (κ2) is 1.58. The van der Waals surface area contributed by atoms with Gasteiger partial charge in [0.1, 0.15) is 0 Å². The van der Waals surface area contributed by atoms with Crippen LogP contribution in [0, 0.1) is 0 Å². The summed E-state index contributed by atoms with van der Waals surface area (Å²) >= 11 is 0. The number of carbonyl (C=O) groups is 2. The van der Waals surface area contributed by atoms with Gasteiger partial charge in [-0.1, -0.05) is 0 Å². The summed E-state index contributed by atoms with van der Waals surface area (Å²) in [5.74, 6) is 0. The lowest BCUT2D eigenvalue weighted by atomic mass is 10.4. The Bertz CT molecular complexity index is 115. The summed E-state index contributed by atoms with van der Waals surface area (Å²) < 4.78 is 4.44. The summed E-state index contributed by atoms with van der Waals surface area (Å²) in [6.45, 7) is 0.321. The fraction of sp³-hybridized carbons (Fsp3) is 0.600. The molecule has 1 saturated carbocycles. The van der Waals surface area contributed by atoms with Crippen molar-refractivity contribution in [1.82, 2.24) is 0 Å². The van der Waals surface area contributed by atoms with Gasteiger partial charge in [-0.2, -0.15) is 0 Å². The summed E-state index contributed by atoms with van der Waals surface area (Å²) in [7, 11) is 0. The van der Waals surface area contributed by atoms with Crippen molar-refractivity contribution in [2.24, 2.45) is 0 Å². The van der Waals surface area contributed by atoms with Crippen LogP contribution in [0.15, 0.2) is 0 Å². The van der Waals surface area contributed by atoms with E-state index in [1.807, 2.05) is 0 Å². The van der Waals surface area contributed by atoms with Gasteiger partial charge in [-0.05, 0) is 12.8 Å². The maximum Gasteiger partial charge on any atom is 0.294 e. The monoisotopic (exact) mass is 114 g/mol. The first kappa shape index (κ1) is 5.28. The lowest BCUT2D eigenvalue weighted by Crippen LogP contribution is -2.13. The Morgan fingerprint density at radius 1 is 1.38 bits per heavy atom. The van der Waals surface area contributed by atoms with Crippen LogP contribution >= 0.6 is 0 Å². The van der Waals surface area contributed by atoms with E-state index in [0.717, 1.165) is 0 Å². The van der Waals surface area contributed by atoms with Gasteiger partial charge in [0.2, 0.25) is 0 Å². The van der Waals surface area contributed by atoms with Crippen LogP contribution in [0.3, 0.4) is 0 Å². The van der Waals surface area contributed by atoms with E-state index in [0.29, 0.717) is 25.6 Å². The van der Waals surface area contributed by atoms with Crippen molar-refractivity contribution < 1.29 is 14.3 Å².